The molecule has 0 aliphatic rings. The van der Waals surface area contributed by atoms with E-state index in [4.69, 9.17) is 4.74 Å². The third-order valence-corrected chi connectivity index (χ3v) is 4.40. The molecule has 2 aromatic rings. The molecule has 0 aromatic heterocycles. The number of carbonyl (C=O) groups is 3. The highest BCUT2D eigenvalue weighted by Gasteiger charge is 2.14. The summed E-state index contributed by atoms with van der Waals surface area (Å²) in [7, 11) is 0. The van der Waals surface area contributed by atoms with Crippen LogP contribution < -0.4 is 10.6 Å². The van der Waals surface area contributed by atoms with Crippen molar-refractivity contribution in [2.75, 3.05) is 18.5 Å². The van der Waals surface area contributed by atoms with Gasteiger partial charge in [-0.25, -0.2) is 0 Å². The Balaban J connectivity index is 1.70. The number of hydrogen-bond acceptors (Lipinski definition) is 4. The summed E-state index contributed by atoms with van der Waals surface area (Å²) in [6, 6.07) is 15.3. The van der Waals surface area contributed by atoms with E-state index in [2.05, 4.69) is 10.6 Å². The first-order chi connectivity index (χ1) is 13.4. The fourth-order valence-electron chi connectivity index (χ4n) is 2.78. The van der Waals surface area contributed by atoms with Crippen LogP contribution in [0.3, 0.4) is 0 Å². The number of amides is 2. The largest absolute Gasteiger partial charge is 0.456 e. The molecular formula is C22H26N2O4. The third-order valence-electron chi connectivity index (χ3n) is 4.40. The highest BCUT2D eigenvalue weighted by atomic mass is 16.5. The number of nitrogens with one attached hydrogen (secondary N) is 2. The van der Waals surface area contributed by atoms with Crippen LogP contribution in [-0.2, 0) is 19.1 Å². The normalized spacial score (nSPS) is 11.4. The molecule has 0 saturated heterocycles. The van der Waals surface area contributed by atoms with E-state index in [0.29, 0.717) is 0 Å². The summed E-state index contributed by atoms with van der Waals surface area (Å²) >= 11 is 0. The van der Waals surface area contributed by atoms with Crippen LogP contribution in [0.15, 0.2) is 48.5 Å². The molecule has 0 bridgehead atoms. The van der Waals surface area contributed by atoms with Gasteiger partial charge in [-0.3, -0.25) is 14.4 Å². The first-order valence-corrected chi connectivity index (χ1v) is 9.20. The average Bonchev–Trinajstić information content (AvgIpc) is 2.68. The van der Waals surface area contributed by atoms with Crippen molar-refractivity contribution in [2.45, 2.75) is 33.1 Å². The van der Waals surface area contributed by atoms with Crippen LogP contribution in [0.2, 0.25) is 0 Å². The summed E-state index contributed by atoms with van der Waals surface area (Å²) in [6.07, 6.45) is 0.185. The van der Waals surface area contributed by atoms with Crippen LogP contribution in [-0.4, -0.2) is 30.9 Å². The SMILES string of the molecule is Cc1cccc(C)c1NC(=O)CNC(=O)COC(=O)C[C@H](C)c1ccccc1. The molecule has 2 amide bonds. The number of aryl methyl sites for hydroxylation is 2. The summed E-state index contributed by atoms with van der Waals surface area (Å²) < 4.78 is 5.00. The molecule has 2 aromatic carbocycles. The van der Waals surface area contributed by atoms with Gasteiger partial charge in [0, 0.05) is 5.69 Å². The maximum absolute atomic E-state index is 12.0. The van der Waals surface area contributed by atoms with Gasteiger partial charge in [0.05, 0.1) is 13.0 Å². The predicted octanol–water partition coefficient (Wildman–Crippen LogP) is 3.10. The van der Waals surface area contributed by atoms with Gasteiger partial charge in [0.25, 0.3) is 5.91 Å². The van der Waals surface area contributed by atoms with Gasteiger partial charge in [-0.05, 0) is 36.5 Å². The van der Waals surface area contributed by atoms with Crippen molar-refractivity contribution in [1.82, 2.24) is 5.32 Å². The molecule has 0 fully saturated rings. The summed E-state index contributed by atoms with van der Waals surface area (Å²) in [5, 5.41) is 5.24. The zero-order chi connectivity index (χ0) is 20.5. The number of rotatable bonds is 8. The molecule has 0 heterocycles. The Hall–Kier alpha value is -3.15. The Kier molecular flexibility index (Phi) is 7.75. The quantitative estimate of drug-likeness (QED) is 0.687. The number of carbonyl (C=O) groups excluding carboxylic acids is 3. The number of anilines is 1. The Morgan fingerprint density at radius 3 is 2.21 bits per heavy atom. The van der Waals surface area contributed by atoms with Crippen LogP contribution in [0.1, 0.15) is 36.0 Å². The molecule has 2 rings (SSSR count). The van der Waals surface area contributed by atoms with Crippen molar-refractivity contribution < 1.29 is 19.1 Å². The number of esters is 1. The summed E-state index contributed by atoms with van der Waals surface area (Å²) in [4.78, 5) is 35.8. The number of benzene rings is 2. The molecule has 0 aliphatic carbocycles. The molecule has 0 aliphatic heterocycles. The maximum atomic E-state index is 12.0. The highest BCUT2D eigenvalue weighted by molar-refractivity contribution is 5.96. The standard InChI is InChI=1S/C22H26N2O4/c1-15-8-7-9-16(2)22(15)24-19(25)13-23-20(26)14-28-21(27)12-17(3)18-10-5-4-6-11-18/h4-11,17H,12-14H2,1-3H3,(H,23,26)(H,24,25)/t17-/m0/s1. The van der Waals surface area contributed by atoms with E-state index < -0.39 is 18.5 Å². The van der Waals surface area contributed by atoms with Gasteiger partial charge in [0.2, 0.25) is 5.91 Å². The monoisotopic (exact) mass is 382 g/mol. The molecule has 148 valence electrons. The minimum absolute atomic E-state index is 0.000101. The van der Waals surface area contributed by atoms with Crippen LogP contribution in [0.25, 0.3) is 0 Å². The van der Waals surface area contributed by atoms with Crippen molar-refractivity contribution in [3.05, 3.63) is 65.2 Å². The van der Waals surface area contributed by atoms with E-state index in [1.165, 1.54) is 0 Å². The Morgan fingerprint density at radius 2 is 1.57 bits per heavy atom. The average molecular weight is 382 g/mol. The number of para-hydroxylation sites is 1. The van der Waals surface area contributed by atoms with E-state index >= 15 is 0 Å². The minimum Gasteiger partial charge on any atom is -0.456 e. The van der Waals surface area contributed by atoms with Gasteiger partial charge >= 0.3 is 5.97 Å². The van der Waals surface area contributed by atoms with Gasteiger partial charge in [-0.15, -0.1) is 0 Å². The fourth-order valence-corrected chi connectivity index (χ4v) is 2.78. The lowest BCUT2D eigenvalue weighted by molar-refractivity contribution is -0.148. The summed E-state index contributed by atoms with van der Waals surface area (Å²) in [6.45, 7) is 5.13. The topological polar surface area (TPSA) is 84.5 Å². The van der Waals surface area contributed by atoms with Crippen LogP contribution in [0, 0.1) is 13.8 Å². The molecule has 0 spiro atoms. The first-order valence-electron chi connectivity index (χ1n) is 9.20. The van der Waals surface area contributed by atoms with E-state index in [0.717, 1.165) is 22.4 Å². The van der Waals surface area contributed by atoms with Gasteiger partial charge in [-0.2, -0.15) is 0 Å². The van der Waals surface area contributed by atoms with Gasteiger partial charge < -0.3 is 15.4 Å². The zero-order valence-corrected chi connectivity index (χ0v) is 16.5. The second-order valence-corrected chi connectivity index (χ2v) is 6.77. The van der Waals surface area contributed by atoms with Crippen LogP contribution in [0.5, 0.6) is 0 Å². The maximum Gasteiger partial charge on any atom is 0.306 e. The summed E-state index contributed by atoms with van der Waals surface area (Å²) in [5.74, 6) is -1.31. The van der Waals surface area contributed by atoms with Gasteiger partial charge in [-0.1, -0.05) is 55.5 Å². The number of ether oxygens (including phenoxy) is 1. The molecule has 0 unspecified atom stereocenters. The lowest BCUT2D eigenvalue weighted by Crippen LogP contribution is -2.35. The summed E-state index contributed by atoms with van der Waals surface area (Å²) in [5.41, 5.74) is 3.66. The Labute approximate surface area is 165 Å². The molecule has 6 heteroatoms. The van der Waals surface area contributed by atoms with E-state index in [1.54, 1.807) is 0 Å². The lowest BCUT2D eigenvalue weighted by atomic mass is 9.98. The van der Waals surface area contributed by atoms with Crippen LogP contribution in [0.4, 0.5) is 5.69 Å². The zero-order valence-electron chi connectivity index (χ0n) is 16.5. The molecule has 0 radical (unpaired) electrons. The molecule has 1 atom stereocenters. The van der Waals surface area contributed by atoms with E-state index in [1.807, 2.05) is 69.3 Å². The van der Waals surface area contributed by atoms with E-state index in [9.17, 15) is 14.4 Å². The molecule has 6 nitrogen and oxygen atoms in total. The lowest BCUT2D eigenvalue weighted by Gasteiger charge is -2.13. The first kappa shape index (κ1) is 21.2. The van der Waals surface area contributed by atoms with Crippen molar-refractivity contribution in [1.29, 1.82) is 0 Å². The van der Waals surface area contributed by atoms with E-state index in [-0.39, 0.29) is 24.8 Å². The van der Waals surface area contributed by atoms with Crippen molar-refractivity contribution in [2.24, 2.45) is 0 Å². The smallest absolute Gasteiger partial charge is 0.306 e. The van der Waals surface area contributed by atoms with Crippen LogP contribution >= 0.6 is 0 Å². The molecular weight excluding hydrogens is 356 g/mol. The van der Waals surface area contributed by atoms with Crippen molar-refractivity contribution in [3.63, 3.8) is 0 Å². The minimum atomic E-state index is -0.516. The third kappa shape index (κ3) is 6.54. The fraction of sp³-hybridized carbons (Fsp3) is 0.318. The van der Waals surface area contributed by atoms with Crippen molar-refractivity contribution >= 4 is 23.5 Å². The molecule has 28 heavy (non-hydrogen) atoms. The van der Waals surface area contributed by atoms with Gasteiger partial charge in [0.1, 0.15) is 0 Å². The highest BCUT2D eigenvalue weighted by Crippen LogP contribution is 2.19. The predicted molar refractivity (Wildman–Crippen MR) is 108 cm³/mol. The second-order valence-electron chi connectivity index (χ2n) is 6.77. The molecule has 2 N–H and O–H groups in total. The number of hydrogen-bond donors (Lipinski definition) is 2. The Bertz CT molecular complexity index is 813. The Morgan fingerprint density at radius 1 is 0.929 bits per heavy atom. The van der Waals surface area contributed by atoms with Crippen molar-refractivity contribution in [3.8, 4) is 0 Å². The second kappa shape index (κ2) is 10.3. The molecule has 0 saturated carbocycles. The van der Waals surface area contributed by atoms with Gasteiger partial charge in [0.15, 0.2) is 6.61 Å².